The van der Waals surface area contributed by atoms with Gasteiger partial charge in [0.15, 0.2) is 0 Å². The average Bonchev–Trinajstić information content (AvgIpc) is 2.37. The van der Waals surface area contributed by atoms with Gasteiger partial charge in [-0.1, -0.05) is 44.2 Å². The van der Waals surface area contributed by atoms with Gasteiger partial charge in [-0.15, -0.1) is 0 Å². The molecule has 0 radical (unpaired) electrons. The van der Waals surface area contributed by atoms with Crippen LogP contribution >= 0.6 is 0 Å². The number of hydrogen-bond donors (Lipinski definition) is 2. The second kappa shape index (κ2) is 7.29. The summed E-state index contributed by atoms with van der Waals surface area (Å²) >= 11 is 0. The number of halogens is 1. The summed E-state index contributed by atoms with van der Waals surface area (Å²) in [6.45, 7) is 3.93. The molecular weight excluding hydrogens is 231 g/mol. The van der Waals surface area contributed by atoms with Crippen LogP contribution in [0.15, 0.2) is 42.2 Å². The van der Waals surface area contributed by atoms with Crippen LogP contribution in [0.25, 0.3) is 0 Å². The Morgan fingerprint density at radius 2 is 1.89 bits per heavy atom. The molecule has 0 aliphatic heterocycles. The Bertz CT molecular complexity index is 373. The molecule has 0 aromatic heterocycles. The molecule has 3 heteroatoms. The fraction of sp³-hybridized carbons (Fsp3) is 0.467. The lowest BCUT2D eigenvalue weighted by atomic mass is 9.96. The molecule has 0 saturated heterocycles. The molecular formula is C15H21FO2. The molecule has 2 atom stereocenters. The van der Waals surface area contributed by atoms with Gasteiger partial charge in [0, 0.05) is 12.5 Å². The van der Waals surface area contributed by atoms with E-state index in [4.69, 9.17) is 0 Å². The van der Waals surface area contributed by atoms with Gasteiger partial charge in [-0.05, 0) is 24.0 Å². The first-order chi connectivity index (χ1) is 8.54. The van der Waals surface area contributed by atoms with Gasteiger partial charge in [0.05, 0.1) is 0 Å². The topological polar surface area (TPSA) is 40.5 Å². The summed E-state index contributed by atoms with van der Waals surface area (Å²) in [5.74, 6) is -0.468. The van der Waals surface area contributed by atoms with E-state index in [1.165, 1.54) is 6.08 Å². The maximum atomic E-state index is 13.9. The lowest BCUT2D eigenvalue weighted by molar-refractivity contribution is 0.179. The molecule has 0 unspecified atom stereocenters. The Morgan fingerprint density at radius 1 is 1.28 bits per heavy atom. The minimum atomic E-state index is -1.24. The SMILES string of the molecule is CC(C)C[C@@H](/C=C(\F)[C@H](O)c1ccccc1)CO. The van der Waals surface area contributed by atoms with Crippen LogP contribution in [0.5, 0.6) is 0 Å². The van der Waals surface area contributed by atoms with E-state index in [0.29, 0.717) is 17.9 Å². The fourth-order valence-electron chi connectivity index (χ4n) is 1.91. The third-order valence-electron chi connectivity index (χ3n) is 2.78. The Balaban J connectivity index is 2.75. The number of aliphatic hydroxyl groups is 2. The van der Waals surface area contributed by atoms with Crippen LogP contribution in [0.3, 0.4) is 0 Å². The van der Waals surface area contributed by atoms with Crippen molar-refractivity contribution in [2.45, 2.75) is 26.4 Å². The van der Waals surface area contributed by atoms with Crippen LogP contribution in [0.2, 0.25) is 0 Å². The van der Waals surface area contributed by atoms with E-state index in [1.54, 1.807) is 24.3 Å². The zero-order valence-electron chi connectivity index (χ0n) is 10.9. The first-order valence-electron chi connectivity index (χ1n) is 6.25. The smallest absolute Gasteiger partial charge is 0.130 e. The van der Waals surface area contributed by atoms with Crippen molar-refractivity contribution in [3.8, 4) is 0 Å². The van der Waals surface area contributed by atoms with E-state index in [9.17, 15) is 14.6 Å². The van der Waals surface area contributed by atoms with Crippen molar-refractivity contribution in [1.29, 1.82) is 0 Å². The van der Waals surface area contributed by atoms with Gasteiger partial charge in [-0.25, -0.2) is 4.39 Å². The second-order valence-corrected chi connectivity index (χ2v) is 4.94. The normalized spacial score (nSPS) is 15.8. The van der Waals surface area contributed by atoms with Gasteiger partial charge in [0.2, 0.25) is 0 Å². The van der Waals surface area contributed by atoms with Crippen LogP contribution in [0.1, 0.15) is 31.9 Å². The second-order valence-electron chi connectivity index (χ2n) is 4.94. The van der Waals surface area contributed by atoms with Crippen LogP contribution in [-0.4, -0.2) is 16.8 Å². The Morgan fingerprint density at radius 3 is 2.39 bits per heavy atom. The van der Waals surface area contributed by atoms with E-state index >= 15 is 0 Å². The predicted molar refractivity (Wildman–Crippen MR) is 70.6 cm³/mol. The highest BCUT2D eigenvalue weighted by Gasteiger charge is 2.16. The van der Waals surface area contributed by atoms with E-state index in [0.717, 1.165) is 0 Å². The van der Waals surface area contributed by atoms with Crippen molar-refractivity contribution in [2.24, 2.45) is 11.8 Å². The van der Waals surface area contributed by atoms with Crippen molar-refractivity contribution >= 4 is 0 Å². The number of hydrogen-bond acceptors (Lipinski definition) is 2. The summed E-state index contributed by atoms with van der Waals surface area (Å²) in [6.07, 6.45) is 0.788. The molecule has 0 saturated carbocycles. The quantitative estimate of drug-likeness (QED) is 0.816. The van der Waals surface area contributed by atoms with Crippen LogP contribution in [0.4, 0.5) is 4.39 Å². The third-order valence-corrected chi connectivity index (χ3v) is 2.78. The molecule has 0 aliphatic rings. The van der Waals surface area contributed by atoms with Crippen molar-refractivity contribution in [2.75, 3.05) is 6.61 Å². The zero-order chi connectivity index (χ0) is 13.5. The summed E-state index contributed by atoms with van der Waals surface area (Å²) in [5, 5.41) is 19.0. The summed E-state index contributed by atoms with van der Waals surface area (Å²) in [5.41, 5.74) is 0.521. The molecule has 0 bridgehead atoms. The van der Waals surface area contributed by atoms with Gasteiger partial charge < -0.3 is 10.2 Å². The van der Waals surface area contributed by atoms with Crippen molar-refractivity contribution in [3.63, 3.8) is 0 Å². The highest BCUT2D eigenvalue weighted by atomic mass is 19.1. The van der Waals surface area contributed by atoms with Crippen molar-refractivity contribution < 1.29 is 14.6 Å². The summed E-state index contributed by atoms with van der Waals surface area (Å²) in [7, 11) is 0. The first-order valence-corrected chi connectivity index (χ1v) is 6.25. The molecule has 1 aromatic carbocycles. The van der Waals surface area contributed by atoms with Gasteiger partial charge in [0.25, 0.3) is 0 Å². The molecule has 2 N–H and O–H groups in total. The Labute approximate surface area is 108 Å². The highest BCUT2D eigenvalue weighted by Crippen LogP contribution is 2.25. The molecule has 0 heterocycles. The predicted octanol–water partition coefficient (Wildman–Crippen LogP) is 3.23. The van der Waals surface area contributed by atoms with Crippen molar-refractivity contribution in [3.05, 3.63) is 47.8 Å². The molecule has 0 amide bonds. The molecule has 0 spiro atoms. The van der Waals surface area contributed by atoms with Gasteiger partial charge >= 0.3 is 0 Å². The molecule has 2 nitrogen and oxygen atoms in total. The van der Waals surface area contributed by atoms with Gasteiger partial charge in [-0.2, -0.15) is 0 Å². The molecule has 1 rings (SSSR count). The van der Waals surface area contributed by atoms with Gasteiger partial charge in [-0.3, -0.25) is 0 Å². The maximum Gasteiger partial charge on any atom is 0.130 e. The first kappa shape index (κ1) is 14.9. The van der Waals surface area contributed by atoms with E-state index < -0.39 is 11.9 Å². The summed E-state index contributed by atoms with van der Waals surface area (Å²) in [4.78, 5) is 0. The molecule has 1 aromatic rings. The van der Waals surface area contributed by atoms with Crippen molar-refractivity contribution in [1.82, 2.24) is 0 Å². The minimum Gasteiger partial charge on any atom is -0.396 e. The number of rotatable bonds is 6. The van der Waals surface area contributed by atoms with Crippen LogP contribution in [-0.2, 0) is 0 Å². The zero-order valence-corrected chi connectivity index (χ0v) is 10.9. The van der Waals surface area contributed by atoms with E-state index in [-0.39, 0.29) is 12.5 Å². The van der Waals surface area contributed by atoms with Crippen LogP contribution in [0, 0.1) is 11.8 Å². The minimum absolute atomic E-state index is 0.104. The monoisotopic (exact) mass is 252 g/mol. The molecule has 0 aliphatic carbocycles. The number of benzene rings is 1. The number of aliphatic hydroxyl groups excluding tert-OH is 2. The van der Waals surface area contributed by atoms with E-state index in [2.05, 4.69) is 0 Å². The Hall–Kier alpha value is -1.19. The fourth-order valence-corrected chi connectivity index (χ4v) is 1.91. The standard InChI is InChI=1S/C15H21FO2/c1-11(2)8-12(10-17)9-14(16)15(18)13-6-4-3-5-7-13/h3-7,9,11-12,15,17-18H,8,10H2,1-2H3/b14-9-/t12-,15+/m0/s1. The largest absolute Gasteiger partial charge is 0.396 e. The molecule has 18 heavy (non-hydrogen) atoms. The average molecular weight is 252 g/mol. The molecule has 0 fully saturated rings. The lowest BCUT2D eigenvalue weighted by Gasteiger charge is -2.14. The van der Waals surface area contributed by atoms with E-state index in [1.807, 2.05) is 19.9 Å². The van der Waals surface area contributed by atoms with Crippen LogP contribution < -0.4 is 0 Å². The third kappa shape index (κ3) is 4.59. The van der Waals surface area contributed by atoms with Gasteiger partial charge in [0.1, 0.15) is 11.9 Å². The summed E-state index contributed by atoms with van der Waals surface area (Å²) < 4.78 is 13.9. The summed E-state index contributed by atoms with van der Waals surface area (Å²) in [6, 6.07) is 8.67. The lowest BCUT2D eigenvalue weighted by Crippen LogP contribution is -2.08. The molecule has 100 valence electrons. The Kier molecular flexibility index (Phi) is 6.02. The highest BCUT2D eigenvalue weighted by molar-refractivity contribution is 5.23. The maximum absolute atomic E-state index is 13.9.